The van der Waals surface area contributed by atoms with Gasteiger partial charge in [-0.15, -0.1) is 0 Å². The van der Waals surface area contributed by atoms with Crippen molar-refractivity contribution in [3.8, 4) is 0 Å². The van der Waals surface area contributed by atoms with E-state index in [2.05, 4.69) is 25.2 Å². The van der Waals surface area contributed by atoms with Crippen molar-refractivity contribution >= 4 is 17.8 Å². The van der Waals surface area contributed by atoms with Crippen LogP contribution in [0.3, 0.4) is 0 Å². The summed E-state index contributed by atoms with van der Waals surface area (Å²) in [5.74, 6) is -1.33. The van der Waals surface area contributed by atoms with Crippen molar-refractivity contribution in [3.63, 3.8) is 0 Å². The maximum atomic E-state index is 12.6. The number of nitrogens with one attached hydrogen (secondary N) is 1. The zero-order valence-electron chi connectivity index (χ0n) is 33.0. The molecule has 0 aliphatic carbocycles. The number of hydrogen-bond donors (Lipinski definition) is 3. The number of allylic oxidation sites excluding steroid dienone is 1. The molecule has 0 rings (SSSR count). The van der Waals surface area contributed by atoms with Gasteiger partial charge in [0.25, 0.3) is 0 Å². The molecule has 4 N–H and O–H groups in total. The summed E-state index contributed by atoms with van der Waals surface area (Å²) >= 11 is 0. The standard InChI is InChI=1S/C43H82N2O5/c1-3-5-7-8-9-10-11-12-13-14-15-16-17-18-19-20-21-22-23-24-25-31-37-42(47)50-39(33-28-6-4-2)34-29-26-27-30-36-41(46)45-40(43(48)49)35-32-38-44/h28,33,39-40H,3-27,29-32,34-38,44H2,1-2H3,(H,45,46)(H,48,49)/b33-28-. The number of esters is 1. The third kappa shape index (κ3) is 34.6. The summed E-state index contributed by atoms with van der Waals surface area (Å²) in [6, 6.07) is -0.866. The van der Waals surface area contributed by atoms with Gasteiger partial charge in [-0.1, -0.05) is 174 Å². The highest BCUT2D eigenvalue weighted by atomic mass is 16.5. The van der Waals surface area contributed by atoms with Gasteiger partial charge in [-0.25, -0.2) is 4.79 Å². The fraction of sp³-hybridized carbons (Fsp3) is 0.884. The molecule has 50 heavy (non-hydrogen) atoms. The highest BCUT2D eigenvalue weighted by molar-refractivity contribution is 5.83. The monoisotopic (exact) mass is 707 g/mol. The van der Waals surface area contributed by atoms with Crippen molar-refractivity contribution in [3.05, 3.63) is 12.2 Å². The second kappa shape index (κ2) is 38.3. The van der Waals surface area contributed by atoms with Gasteiger partial charge < -0.3 is 20.9 Å². The van der Waals surface area contributed by atoms with Crippen molar-refractivity contribution in [1.82, 2.24) is 5.32 Å². The lowest BCUT2D eigenvalue weighted by atomic mass is 10.0. The van der Waals surface area contributed by atoms with Crippen LogP contribution in [0.4, 0.5) is 0 Å². The average molecular weight is 707 g/mol. The lowest BCUT2D eigenvalue weighted by Gasteiger charge is -2.15. The number of nitrogens with two attached hydrogens (primary N) is 1. The van der Waals surface area contributed by atoms with Crippen LogP contribution in [0.2, 0.25) is 0 Å². The third-order valence-electron chi connectivity index (χ3n) is 9.80. The summed E-state index contributed by atoms with van der Waals surface area (Å²) in [7, 11) is 0. The van der Waals surface area contributed by atoms with Crippen LogP contribution in [-0.2, 0) is 19.1 Å². The van der Waals surface area contributed by atoms with Gasteiger partial charge in [0.05, 0.1) is 0 Å². The molecule has 294 valence electrons. The van der Waals surface area contributed by atoms with E-state index < -0.39 is 12.0 Å². The van der Waals surface area contributed by atoms with E-state index in [1.807, 2.05) is 6.08 Å². The number of aliphatic carboxylic acids is 1. The molecule has 0 aliphatic rings. The SMILES string of the molecule is CCC/C=C\C(CCCCCCC(=O)NC(CCCN)C(=O)O)OC(=O)CCCCCCCCCCCCCCCCCCCCCCCC. The molecule has 7 heteroatoms. The number of rotatable bonds is 39. The first kappa shape index (κ1) is 48.1. The molecule has 2 atom stereocenters. The van der Waals surface area contributed by atoms with E-state index in [1.165, 1.54) is 128 Å². The highest BCUT2D eigenvalue weighted by Crippen LogP contribution is 2.17. The number of amides is 1. The first-order valence-corrected chi connectivity index (χ1v) is 21.5. The van der Waals surface area contributed by atoms with Crippen LogP contribution >= 0.6 is 0 Å². The second-order valence-corrected chi connectivity index (χ2v) is 14.8. The number of ether oxygens (including phenoxy) is 1. The Balaban J connectivity index is 3.78. The first-order valence-electron chi connectivity index (χ1n) is 21.5. The van der Waals surface area contributed by atoms with Crippen LogP contribution in [0.15, 0.2) is 12.2 Å². The molecule has 0 aliphatic heterocycles. The summed E-state index contributed by atoms with van der Waals surface area (Å²) in [6.45, 7) is 4.83. The molecular formula is C43H82N2O5. The third-order valence-corrected chi connectivity index (χ3v) is 9.80. The average Bonchev–Trinajstić information content (AvgIpc) is 3.10. The van der Waals surface area contributed by atoms with Crippen LogP contribution in [0, 0.1) is 0 Å². The van der Waals surface area contributed by atoms with Crippen molar-refractivity contribution < 1.29 is 24.2 Å². The number of carboxylic acids is 1. The van der Waals surface area contributed by atoms with Crippen molar-refractivity contribution in [1.29, 1.82) is 0 Å². The van der Waals surface area contributed by atoms with Gasteiger partial charge in [0.15, 0.2) is 0 Å². The Hall–Kier alpha value is -1.89. The Morgan fingerprint density at radius 3 is 1.46 bits per heavy atom. The molecule has 7 nitrogen and oxygen atoms in total. The zero-order valence-corrected chi connectivity index (χ0v) is 33.0. The molecule has 0 saturated heterocycles. The number of carboxylic acid groups (broad SMARTS) is 1. The first-order chi connectivity index (χ1) is 24.4. The molecule has 1 amide bonds. The smallest absolute Gasteiger partial charge is 0.326 e. The van der Waals surface area contributed by atoms with E-state index in [9.17, 15) is 19.5 Å². The minimum absolute atomic E-state index is 0.0939. The van der Waals surface area contributed by atoms with Gasteiger partial charge in [-0.3, -0.25) is 9.59 Å². The minimum Gasteiger partial charge on any atom is -0.480 e. The van der Waals surface area contributed by atoms with Gasteiger partial charge in [0, 0.05) is 12.8 Å². The second-order valence-electron chi connectivity index (χ2n) is 14.8. The lowest BCUT2D eigenvalue weighted by molar-refractivity contribution is -0.147. The fourth-order valence-electron chi connectivity index (χ4n) is 6.55. The molecule has 0 aromatic carbocycles. The summed E-state index contributed by atoms with van der Waals surface area (Å²) in [4.78, 5) is 36.0. The molecule has 0 fully saturated rings. The Morgan fingerprint density at radius 2 is 1.02 bits per heavy atom. The predicted octanol–water partition coefficient (Wildman–Crippen LogP) is 11.9. The Labute approximate surface area is 309 Å². The van der Waals surface area contributed by atoms with Gasteiger partial charge in [-0.05, 0) is 57.6 Å². The van der Waals surface area contributed by atoms with Gasteiger partial charge >= 0.3 is 11.9 Å². The quantitative estimate of drug-likeness (QED) is 0.0332. The number of hydrogen-bond acceptors (Lipinski definition) is 5. The van der Waals surface area contributed by atoms with E-state index in [4.69, 9.17) is 10.5 Å². The van der Waals surface area contributed by atoms with E-state index in [-0.39, 0.29) is 18.0 Å². The Kier molecular flexibility index (Phi) is 36.9. The maximum Gasteiger partial charge on any atom is 0.326 e. The number of carbonyl (C=O) groups excluding carboxylic acids is 2. The summed E-state index contributed by atoms with van der Waals surface area (Å²) in [6.07, 6.45) is 41.9. The van der Waals surface area contributed by atoms with Crippen LogP contribution in [0.25, 0.3) is 0 Å². The molecule has 0 heterocycles. The summed E-state index contributed by atoms with van der Waals surface area (Å²) < 4.78 is 5.83. The van der Waals surface area contributed by atoms with Crippen LogP contribution < -0.4 is 11.1 Å². The molecular weight excluding hydrogens is 624 g/mol. The summed E-state index contributed by atoms with van der Waals surface area (Å²) in [5.41, 5.74) is 5.46. The minimum atomic E-state index is -1.01. The van der Waals surface area contributed by atoms with Gasteiger partial charge in [-0.2, -0.15) is 0 Å². The lowest BCUT2D eigenvalue weighted by Crippen LogP contribution is -2.40. The fourth-order valence-corrected chi connectivity index (χ4v) is 6.55. The van der Waals surface area contributed by atoms with Gasteiger partial charge in [0.1, 0.15) is 12.1 Å². The molecule has 2 unspecified atom stereocenters. The molecule has 0 bridgehead atoms. The van der Waals surface area contributed by atoms with Crippen LogP contribution in [0.1, 0.15) is 226 Å². The highest BCUT2D eigenvalue weighted by Gasteiger charge is 2.19. The Morgan fingerprint density at radius 1 is 0.580 bits per heavy atom. The largest absolute Gasteiger partial charge is 0.480 e. The van der Waals surface area contributed by atoms with E-state index >= 15 is 0 Å². The van der Waals surface area contributed by atoms with E-state index in [1.54, 1.807) is 0 Å². The van der Waals surface area contributed by atoms with Crippen molar-refractivity contribution in [2.24, 2.45) is 5.73 Å². The van der Waals surface area contributed by atoms with Crippen molar-refractivity contribution in [2.45, 2.75) is 238 Å². The maximum absolute atomic E-state index is 12.6. The number of unbranched alkanes of at least 4 members (excludes halogenated alkanes) is 25. The summed E-state index contributed by atoms with van der Waals surface area (Å²) in [5, 5.41) is 11.9. The van der Waals surface area contributed by atoms with E-state index in [0.29, 0.717) is 38.6 Å². The molecule has 0 aromatic heterocycles. The zero-order chi connectivity index (χ0) is 36.8. The predicted molar refractivity (Wildman–Crippen MR) is 211 cm³/mol. The van der Waals surface area contributed by atoms with Gasteiger partial charge in [0.2, 0.25) is 5.91 Å². The van der Waals surface area contributed by atoms with Crippen LogP contribution in [0.5, 0.6) is 0 Å². The van der Waals surface area contributed by atoms with Crippen LogP contribution in [-0.4, -0.2) is 41.6 Å². The normalized spacial score (nSPS) is 12.7. The molecule has 0 saturated carbocycles. The van der Waals surface area contributed by atoms with E-state index in [0.717, 1.165) is 51.4 Å². The molecule has 0 aromatic rings. The Bertz CT molecular complexity index is 802. The molecule has 0 spiro atoms. The van der Waals surface area contributed by atoms with Crippen molar-refractivity contribution in [2.75, 3.05) is 6.54 Å². The molecule has 0 radical (unpaired) electrons. The number of carbonyl (C=O) groups is 3. The topological polar surface area (TPSA) is 119 Å².